The second-order valence-electron chi connectivity index (χ2n) is 14.3. The van der Waals surface area contributed by atoms with Gasteiger partial charge >= 0.3 is 18.2 Å². The Morgan fingerprint density at radius 2 is 1.07 bits per heavy atom. The summed E-state index contributed by atoms with van der Waals surface area (Å²) in [5.74, 6) is -0.731. The summed E-state index contributed by atoms with van der Waals surface area (Å²) in [5.41, 5.74) is 3.80. The van der Waals surface area contributed by atoms with Crippen LogP contribution >= 0.6 is 0 Å². The fraction of sp³-hybridized carbons (Fsp3) is 0.333. The molecule has 2 aliphatic heterocycles. The van der Waals surface area contributed by atoms with E-state index in [-0.39, 0.29) is 49.6 Å². The average Bonchev–Trinajstić information content (AvgIpc) is 3.26. The molecular formula is C45H50N6O7. The molecule has 0 saturated carbocycles. The quantitative estimate of drug-likeness (QED) is 0.0657. The third-order valence-electron chi connectivity index (χ3n) is 10.3. The van der Waals surface area contributed by atoms with Crippen molar-refractivity contribution >= 4 is 36.0 Å². The third kappa shape index (κ3) is 12.0. The lowest BCUT2D eigenvalue weighted by Gasteiger charge is -2.48. The number of hydrogen-bond acceptors (Lipinski definition) is 8. The number of hydrogen-bond donors (Lipinski definition) is 2. The number of nitrogens with one attached hydrogen (secondary N) is 2. The van der Waals surface area contributed by atoms with Crippen LogP contribution in [0.4, 0.5) is 14.4 Å². The Hall–Kier alpha value is -6.50. The topological polar surface area (TPSA) is 150 Å². The van der Waals surface area contributed by atoms with Gasteiger partial charge in [0.2, 0.25) is 17.8 Å². The number of carbonyl (C=O) groups is 5. The Bertz CT molecular complexity index is 1930. The van der Waals surface area contributed by atoms with E-state index in [9.17, 15) is 24.0 Å². The van der Waals surface area contributed by atoms with E-state index in [1.54, 1.807) is 9.80 Å². The van der Waals surface area contributed by atoms with Crippen molar-refractivity contribution in [1.29, 1.82) is 0 Å². The van der Waals surface area contributed by atoms with Gasteiger partial charge in [-0.2, -0.15) is 0 Å². The number of piperazine rings is 1. The highest BCUT2D eigenvalue weighted by Gasteiger charge is 2.50. The number of aliphatic imine (C=N–C) groups is 1. The molecule has 0 aliphatic carbocycles. The molecule has 2 heterocycles. The van der Waals surface area contributed by atoms with Gasteiger partial charge in [-0.15, -0.1) is 0 Å². The number of likely N-dealkylation sites (tertiary alicyclic amines) is 1. The summed E-state index contributed by atoms with van der Waals surface area (Å²) in [6.07, 6.45) is 1.61. The van der Waals surface area contributed by atoms with Crippen molar-refractivity contribution in [1.82, 2.24) is 25.3 Å². The van der Waals surface area contributed by atoms with Crippen molar-refractivity contribution < 1.29 is 33.4 Å². The third-order valence-corrected chi connectivity index (χ3v) is 10.3. The Labute approximate surface area is 339 Å². The molecule has 6 amide bonds. The highest BCUT2D eigenvalue weighted by atomic mass is 16.6. The Morgan fingerprint density at radius 3 is 1.59 bits per heavy atom. The highest BCUT2D eigenvalue weighted by Crippen LogP contribution is 2.35. The molecule has 6 rings (SSSR count). The van der Waals surface area contributed by atoms with Gasteiger partial charge in [-0.1, -0.05) is 121 Å². The first-order chi connectivity index (χ1) is 28.3. The van der Waals surface area contributed by atoms with Crippen molar-refractivity contribution in [3.63, 3.8) is 0 Å². The van der Waals surface area contributed by atoms with Crippen LogP contribution < -0.4 is 10.6 Å². The number of ether oxygens (including phenoxy) is 2. The van der Waals surface area contributed by atoms with E-state index in [1.165, 1.54) is 4.90 Å². The number of nitrogens with zero attached hydrogens (tertiary/aromatic N) is 4. The number of guanidine groups is 1. The number of imide groups is 1. The minimum atomic E-state index is -0.812. The molecule has 0 aromatic heterocycles. The molecule has 0 radical (unpaired) electrons. The van der Waals surface area contributed by atoms with E-state index >= 15 is 0 Å². The largest absolute Gasteiger partial charge is 0.444 e. The van der Waals surface area contributed by atoms with Crippen LogP contribution in [0, 0.1) is 5.92 Å². The van der Waals surface area contributed by atoms with Gasteiger partial charge in [-0.3, -0.25) is 30.1 Å². The Balaban J connectivity index is 1.04. The predicted octanol–water partition coefficient (Wildman–Crippen LogP) is 6.33. The monoisotopic (exact) mass is 786 g/mol. The maximum Gasteiger partial charge on any atom is 0.414 e. The molecular weight excluding hydrogens is 737 g/mol. The number of urea groups is 1. The second kappa shape index (κ2) is 21.1. The fourth-order valence-electron chi connectivity index (χ4n) is 7.12. The molecule has 4 aromatic carbocycles. The first kappa shape index (κ1) is 41.1. The van der Waals surface area contributed by atoms with Crippen LogP contribution in [0.3, 0.4) is 0 Å². The number of benzene rings is 4. The molecule has 2 N–H and O–H groups in total. The SMILES string of the molecule is O=C(NC(=NCCC[C@H]1C(=O)N(C(=O)N2CCN(C(=O)CCc3ccccc3)CC2)[C@@H]1CCc1ccccc1)NC(=O)OCc1ccccc1)OCc1ccccc1. The van der Waals surface area contributed by atoms with Gasteiger partial charge in [0, 0.05) is 39.1 Å². The highest BCUT2D eigenvalue weighted by molar-refractivity contribution is 6.02. The van der Waals surface area contributed by atoms with E-state index in [2.05, 4.69) is 15.6 Å². The minimum absolute atomic E-state index is 0.0182. The molecule has 13 nitrogen and oxygen atoms in total. The number of alkyl carbamates (subject to hydrolysis) is 2. The van der Waals surface area contributed by atoms with Crippen LogP contribution in [-0.4, -0.2) is 89.5 Å². The summed E-state index contributed by atoms with van der Waals surface area (Å²) in [5, 5.41) is 5.00. The molecule has 2 aliphatic rings. The smallest absolute Gasteiger partial charge is 0.414 e. The van der Waals surface area contributed by atoms with E-state index in [1.807, 2.05) is 121 Å². The molecule has 4 aromatic rings. The molecule has 13 heteroatoms. The zero-order valence-electron chi connectivity index (χ0n) is 32.5. The van der Waals surface area contributed by atoms with Gasteiger partial charge < -0.3 is 19.3 Å². The molecule has 0 unspecified atom stereocenters. The van der Waals surface area contributed by atoms with E-state index in [0.29, 0.717) is 64.7 Å². The van der Waals surface area contributed by atoms with Crippen LogP contribution in [0.1, 0.15) is 47.9 Å². The summed E-state index contributed by atoms with van der Waals surface area (Å²) in [6.45, 7) is 1.75. The molecule has 2 saturated heterocycles. The first-order valence-electron chi connectivity index (χ1n) is 19.8. The van der Waals surface area contributed by atoms with Gasteiger partial charge in [0.15, 0.2) is 0 Å². The van der Waals surface area contributed by atoms with Crippen molar-refractivity contribution in [2.24, 2.45) is 10.9 Å². The number of aryl methyl sites for hydroxylation is 2. The molecule has 0 bridgehead atoms. The average molecular weight is 787 g/mol. The lowest BCUT2D eigenvalue weighted by atomic mass is 9.80. The maximum atomic E-state index is 13.9. The molecule has 302 valence electrons. The second-order valence-corrected chi connectivity index (χ2v) is 14.3. The van der Waals surface area contributed by atoms with Crippen LogP contribution in [0.25, 0.3) is 0 Å². The molecule has 0 spiro atoms. The first-order valence-corrected chi connectivity index (χ1v) is 19.8. The van der Waals surface area contributed by atoms with Crippen LogP contribution in [0.5, 0.6) is 0 Å². The molecule has 2 atom stereocenters. The number of rotatable bonds is 14. The van der Waals surface area contributed by atoms with Gasteiger partial charge in [0.05, 0.1) is 12.0 Å². The van der Waals surface area contributed by atoms with E-state index in [0.717, 1.165) is 22.3 Å². The zero-order valence-corrected chi connectivity index (χ0v) is 32.5. The van der Waals surface area contributed by atoms with E-state index < -0.39 is 18.1 Å². The lowest BCUT2D eigenvalue weighted by Crippen LogP contribution is -2.67. The van der Waals surface area contributed by atoms with E-state index in [4.69, 9.17) is 9.47 Å². The zero-order chi connectivity index (χ0) is 40.5. The summed E-state index contributed by atoms with van der Waals surface area (Å²) >= 11 is 0. The fourth-order valence-corrected chi connectivity index (χ4v) is 7.12. The van der Waals surface area contributed by atoms with Gasteiger partial charge in [0.1, 0.15) is 13.2 Å². The molecule has 2 fully saturated rings. The predicted molar refractivity (Wildman–Crippen MR) is 218 cm³/mol. The van der Waals surface area contributed by atoms with Gasteiger partial charge in [-0.05, 0) is 54.4 Å². The lowest BCUT2D eigenvalue weighted by molar-refractivity contribution is -0.152. The number of β-lactam (4-membered cyclic amide) rings is 1. The van der Waals surface area contributed by atoms with Crippen LogP contribution in [0.15, 0.2) is 126 Å². The Kier molecular flexibility index (Phi) is 15.0. The van der Waals surface area contributed by atoms with Crippen LogP contribution in [0.2, 0.25) is 0 Å². The standard InChI is InChI=1S/C45H50N6O7/c52-40(26-24-35-16-7-2-8-17-35)49-28-30-50(31-29-49)45(56)51-39(25-23-34-14-5-1-6-15-34)38(41(51)53)22-13-27-46-42(47-43(54)57-32-36-18-9-3-10-19-36)48-44(55)58-33-37-20-11-4-12-21-37/h1-12,14-21,38-39H,13,22-33H2,(H2,46,47,48,54,55)/t38-,39-/m1/s1. The Morgan fingerprint density at radius 1 is 0.603 bits per heavy atom. The van der Waals surface area contributed by atoms with Gasteiger partial charge in [0.25, 0.3) is 0 Å². The van der Waals surface area contributed by atoms with Gasteiger partial charge in [-0.25, -0.2) is 14.4 Å². The maximum absolute atomic E-state index is 13.9. The van der Waals surface area contributed by atoms with Crippen molar-refractivity contribution in [3.8, 4) is 0 Å². The summed E-state index contributed by atoms with van der Waals surface area (Å²) in [6, 6.07) is 37.5. The molecule has 58 heavy (non-hydrogen) atoms. The van der Waals surface area contributed by atoms with Crippen molar-refractivity contribution in [2.45, 2.75) is 57.8 Å². The minimum Gasteiger partial charge on any atom is -0.444 e. The van der Waals surface area contributed by atoms with Crippen molar-refractivity contribution in [3.05, 3.63) is 144 Å². The van der Waals surface area contributed by atoms with Crippen LogP contribution in [-0.2, 0) is 45.1 Å². The van der Waals surface area contributed by atoms with Crippen molar-refractivity contribution in [2.75, 3.05) is 32.7 Å². The number of amides is 6. The summed E-state index contributed by atoms with van der Waals surface area (Å²) < 4.78 is 10.7. The number of carbonyl (C=O) groups excluding carboxylic acids is 5. The summed E-state index contributed by atoms with van der Waals surface area (Å²) in [7, 11) is 0. The summed E-state index contributed by atoms with van der Waals surface area (Å²) in [4.78, 5) is 75.2. The normalized spacial score (nSPS) is 16.1.